The fourth-order valence-corrected chi connectivity index (χ4v) is 5.16. The number of nitrogens with one attached hydrogen (secondary N) is 2. The molecule has 0 aliphatic carbocycles. The molecule has 10 nitrogen and oxygen atoms in total. The van der Waals surface area contributed by atoms with Crippen molar-refractivity contribution in [2.24, 2.45) is 0 Å². The highest BCUT2D eigenvalue weighted by Gasteiger charge is 2.18. The quantitative estimate of drug-likeness (QED) is 0.262. The van der Waals surface area contributed by atoms with Gasteiger partial charge in [-0.1, -0.05) is 0 Å². The number of rotatable bonds is 7. The molecule has 0 amide bonds. The van der Waals surface area contributed by atoms with Gasteiger partial charge in [0.05, 0.1) is 22.9 Å². The van der Waals surface area contributed by atoms with Gasteiger partial charge in [0.1, 0.15) is 29.4 Å². The molecule has 1 aliphatic rings. The number of aromatic hydroxyl groups is 1. The number of imidazole rings is 1. The number of H-pyrrole nitrogens is 2. The number of aromatic nitrogens is 7. The van der Waals surface area contributed by atoms with E-state index in [0.717, 1.165) is 30.7 Å². The van der Waals surface area contributed by atoms with Gasteiger partial charge in [0, 0.05) is 36.1 Å². The lowest BCUT2D eigenvalue weighted by Gasteiger charge is -2.15. The highest BCUT2D eigenvalue weighted by molar-refractivity contribution is 5.95. The van der Waals surface area contributed by atoms with E-state index in [1.807, 2.05) is 24.3 Å². The van der Waals surface area contributed by atoms with Crippen LogP contribution in [0.25, 0.3) is 56.1 Å². The van der Waals surface area contributed by atoms with Crippen molar-refractivity contribution in [3.8, 4) is 45.4 Å². The number of ether oxygens (including phenoxy) is 1. The third kappa shape index (κ3) is 4.60. The number of benzene rings is 1. The van der Waals surface area contributed by atoms with Gasteiger partial charge in [-0.2, -0.15) is 5.10 Å². The van der Waals surface area contributed by atoms with Crippen LogP contribution in [-0.4, -0.2) is 71.4 Å². The molecule has 6 heterocycles. The molecule has 0 atom stereocenters. The molecular weight excluding hydrogens is 511 g/mol. The summed E-state index contributed by atoms with van der Waals surface area (Å²) in [6.07, 6.45) is 7.08. The molecule has 7 rings (SSSR count). The summed E-state index contributed by atoms with van der Waals surface area (Å²) < 4.78 is 20.6. The zero-order chi connectivity index (χ0) is 27.1. The monoisotopic (exact) mass is 536 g/mol. The molecule has 5 aromatic heterocycles. The van der Waals surface area contributed by atoms with Gasteiger partial charge in [0.15, 0.2) is 17.2 Å². The Balaban J connectivity index is 1.23. The minimum absolute atomic E-state index is 0.0557. The van der Waals surface area contributed by atoms with Crippen molar-refractivity contribution in [1.82, 2.24) is 40.0 Å². The smallest absolute Gasteiger partial charge is 0.178 e. The van der Waals surface area contributed by atoms with E-state index in [2.05, 4.69) is 35.0 Å². The lowest BCUT2D eigenvalue weighted by atomic mass is 10.1. The number of hydrogen-bond donors (Lipinski definition) is 3. The number of aromatic amines is 2. The highest BCUT2D eigenvalue weighted by atomic mass is 19.1. The first-order valence-corrected chi connectivity index (χ1v) is 13.1. The van der Waals surface area contributed by atoms with Crippen molar-refractivity contribution < 1.29 is 14.2 Å². The van der Waals surface area contributed by atoms with Crippen LogP contribution in [-0.2, 0) is 0 Å². The van der Waals surface area contributed by atoms with E-state index in [1.165, 1.54) is 31.2 Å². The number of fused-ring (bicyclic) bond motifs is 2. The van der Waals surface area contributed by atoms with Gasteiger partial charge in [0.25, 0.3) is 0 Å². The number of pyridine rings is 3. The largest absolute Gasteiger partial charge is 0.506 e. The van der Waals surface area contributed by atoms with E-state index in [1.54, 1.807) is 18.5 Å². The highest BCUT2D eigenvalue weighted by Crippen LogP contribution is 2.33. The Kier molecular flexibility index (Phi) is 6.05. The molecule has 1 saturated heterocycles. The summed E-state index contributed by atoms with van der Waals surface area (Å²) >= 11 is 0. The molecule has 40 heavy (non-hydrogen) atoms. The number of hydrogen-bond acceptors (Lipinski definition) is 8. The SMILES string of the molecule is Oc1cncc(-c2ccc3[nH]nc(-c4nc5nccc(-c6cc(F)cc(OCCN7CCCC7)c6)c5[nH]4)c3n2)c1. The Morgan fingerprint density at radius 1 is 1.00 bits per heavy atom. The maximum absolute atomic E-state index is 14.7. The van der Waals surface area contributed by atoms with Crippen molar-refractivity contribution in [3.63, 3.8) is 0 Å². The average Bonchev–Trinajstić information content (AvgIpc) is 3.72. The minimum atomic E-state index is -0.380. The topological polar surface area (TPSA) is 129 Å². The maximum atomic E-state index is 14.7. The van der Waals surface area contributed by atoms with Crippen LogP contribution in [0.15, 0.2) is 61.1 Å². The molecular formula is C29H25FN8O2. The van der Waals surface area contributed by atoms with Crippen LogP contribution in [0.3, 0.4) is 0 Å². The van der Waals surface area contributed by atoms with Crippen LogP contribution < -0.4 is 4.74 Å². The Hall–Kier alpha value is -4.90. The van der Waals surface area contributed by atoms with E-state index in [0.29, 0.717) is 57.4 Å². The molecule has 200 valence electrons. The summed E-state index contributed by atoms with van der Waals surface area (Å²) in [5.41, 5.74) is 5.65. The van der Waals surface area contributed by atoms with Crippen molar-refractivity contribution >= 4 is 22.2 Å². The summed E-state index contributed by atoms with van der Waals surface area (Å²) in [6.45, 7) is 3.50. The summed E-state index contributed by atoms with van der Waals surface area (Å²) in [4.78, 5) is 23.6. The fourth-order valence-electron chi connectivity index (χ4n) is 5.16. The predicted octanol–water partition coefficient (Wildman–Crippen LogP) is 4.94. The second kappa shape index (κ2) is 10.0. The standard InChI is InChI=1S/C29H25FN8O2/c30-19-11-17(13-21(14-19)40-10-9-38-7-1-2-8-38)22-5-6-32-28-25(22)34-29(35-28)27-26-24(36-37-27)4-3-23(33-26)18-12-20(39)16-31-15-18/h3-6,11-16,39H,1-2,7-10H2,(H,36,37)(H,32,34,35). The van der Waals surface area contributed by atoms with Crippen LogP contribution in [0.1, 0.15) is 12.8 Å². The van der Waals surface area contributed by atoms with E-state index < -0.39 is 0 Å². The van der Waals surface area contributed by atoms with Gasteiger partial charge in [0.2, 0.25) is 0 Å². The number of halogens is 1. The molecule has 0 spiro atoms. The second-order valence-electron chi connectivity index (χ2n) is 9.81. The van der Waals surface area contributed by atoms with Crippen LogP contribution in [0.4, 0.5) is 4.39 Å². The lowest BCUT2D eigenvalue weighted by Crippen LogP contribution is -2.25. The lowest BCUT2D eigenvalue weighted by molar-refractivity contribution is 0.237. The van der Waals surface area contributed by atoms with Crippen LogP contribution in [0.2, 0.25) is 0 Å². The Labute approximate surface area is 227 Å². The molecule has 0 unspecified atom stereocenters. The van der Waals surface area contributed by atoms with Crippen LogP contribution >= 0.6 is 0 Å². The maximum Gasteiger partial charge on any atom is 0.178 e. The van der Waals surface area contributed by atoms with Crippen molar-refractivity contribution in [1.29, 1.82) is 0 Å². The zero-order valence-corrected chi connectivity index (χ0v) is 21.4. The molecule has 1 fully saturated rings. The van der Waals surface area contributed by atoms with Crippen LogP contribution in [0.5, 0.6) is 11.5 Å². The van der Waals surface area contributed by atoms with Crippen molar-refractivity contribution in [2.45, 2.75) is 12.8 Å². The summed E-state index contributed by atoms with van der Waals surface area (Å²) in [5, 5.41) is 17.3. The zero-order valence-electron chi connectivity index (χ0n) is 21.4. The Morgan fingerprint density at radius 2 is 1.90 bits per heavy atom. The van der Waals surface area contributed by atoms with Gasteiger partial charge < -0.3 is 14.8 Å². The molecule has 0 bridgehead atoms. The van der Waals surface area contributed by atoms with Gasteiger partial charge in [-0.25, -0.2) is 19.3 Å². The third-order valence-corrected chi connectivity index (χ3v) is 7.10. The van der Waals surface area contributed by atoms with Gasteiger partial charge in [-0.3, -0.25) is 15.0 Å². The van der Waals surface area contributed by atoms with Gasteiger partial charge >= 0.3 is 0 Å². The first-order chi connectivity index (χ1) is 19.6. The van der Waals surface area contributed by atoms with E-state index >= 15 is 0 Å². The minimum Gasteiger partial charge on any atom is -0.506 e. The molecule has 6 aromatic rings. The molecule has 0 saturated carbocycles. The number of likely N-dealkylation sites (tertiary alicyclic amines) is 1. The van der Waals surface area contributed by atoms with Gasteiger partial charge in [-0.05, 0) is 67.9 Å². The number of nitrogens with zero attached hydrogens (tertiary/aromatic N) is 6. The first-order valence-electron chi connectivity index (χ1n) is 13.1. The Morgan fingerprint density at radius 3 is 2.77 bits per heavy atom. The molecule has 3 N–H and O–H groups in total. The van der Waals surface area contributed by atoms with Crippen molar-refractivity contribution in [2.75, 3.05) is 26.2 Å². The first kappa shape index (κ1) is 24.2. The normalized spacial score (nSPS) is 13.9. The predicted molar refractivity (Wildman–Crippen MR) is 148 cm³/mol. The average molecular weight is 537 g/mol. The fraction of sp³-hybridized carbons (Fsp3) is 0.207. The third-order valence-electron chi connectivity index (χ3n) is 7.10. The van der Waals surface area contributed by atoms with E-state index in [-0.39, 0.29) is 11.6 Å². The molecule has 11 heteroatoms. The molecule has 0 radical (unpaired) electrons. The van der Waals surface area contributed by atoms with Crippen molar-refractivity contribution in [3.05, 3.63) is 66.9 Å². The summed E-state index contributed by atoms with van der Waals surface area (Å²) in [6, 6.07) is 11.8. The summed E-state index contributed by atoms with van der Waals surface area (Å²) in [7, 11) is 0. The second-order valence-corrected chi connectivity index (χ2v) is 9.81. The molecule has 1 aliphatic heterocycles. The van der Waals surface area contributed by atoms with E-state index in [4.69, 9.17) is 9.72 Å². The molecule has 1 aromatic carbocycles. The Bertz CT molecular complexity index is 1840. The van der Waals surface area contributed by atoms with E-state index in [9.17, 15) is 9.50 Å². The van der Waals surface area contributed by atoms with Gasteiger partial charge in [-0.15, -0.1) is 0 Å². The van der Waals surface area contributed by atoms with Crippen LogP contribution in [0, 0.1) is 5.82 Å². The summed E-state index contributed by atoms with van der Waals surface area (Å²) in [5.74, 6) is 0.628.